The Balaban J connectivity index is 1.46. The molecule has 1 aromatic heterocycles. The Bertz CT molecular complexity index is 876. The van der Waals surface area contributed by atoms with Gasteiger partial charge < -0.3 is 10.1 Å². The van der Waals surface area contributed by atoms with Gasteiger partial charge in [-0.2, -0.15) is 0 Å². The van der Waals surface area contributed by atoms with E-state index in [1.807, 2.05) is 47.8 Å². The molecule has 4 nitrogen and oxygen atoms in total. The van der Waals surface area contributed by atoms with Crippen molar-refractivity contribution in [3.05, 3.63) is 81.8 Å². The first kappa shape index (κ1) is 15.8. The lowest BCUT2D eigenvalue weighted by atomic mass is 10.0. The summed E-state index contributed by atoms with van der Waals surface area (Å²) in [5, 5.41) is 5.87. The minimum absolute atomic E-state index is 0.0308. The van der Waals surface area contributed by atoms with E-state index >= 15 is 0 Å². The number of nitrogens with one attached hydrogen (secondary N) is 1. The number of para-hydroxylation sites is 1. The summed E-state index contributed by atoms with van der Waals surface area (Å²) < 4.78 is 5.65. The third-order valence-corrected chi connectivity index (χ3v) is 5.10. The fourth-order valence-corrected chi connectivity index (χ4v) is 3.80. The van der Waals surface area contributed by atoms with Crippen molar-refractivity contribution in [2.75, 3.05) is 6.61 Å². The van der Waals surface area contributed by atoms with Gasteiger partial charge in [-0.05, 0) is 11.6 Å². The third kappa shape index (κ3) is 3.56. The van der Waals surface area contributed by atoms with E-state index in [-0.39, 0.29) is 11.9 Å². The molecule has 1 amide bonds. The lowest BCUT2D eigenvalue weighted by Crippen LogP contribution is -2.32. The molecule has 1 aliphatic rings. The normalized spacial score (nSPS) is 15.9. The highest BCUT2D eigenvalue weighted by molar-refractivity contribution is 7.09. The molecule has 3 aromatic rings. The van der Waals surface area contributed by atoms with E-state index in [1.165, 1.54) is 16.9 Å². The summed E-state index contributed by atoms with van der Waals surface area (Å²) in [5.41, 5.74) is 2.71. The molecule has 0 radical (unpaired) electrons. The highest BCUT2D eigenvalue weighted by Crippen LogP contribution is 2.31. The number of rotatable bonds is 4. The van der Waals surface area contributed by atoms with Crippen LogP contribution in [0.15, 0.2) is 60.0 Å². The van der Waals surface area contributed by atoms with Gasteiger partial charge in [0.15, 0.2) is 0 Å². The number of nitrogens with zero attached hydrogens (tertiary/aromatic N) is 1. The number of hydrogen-bond acceptors (Lipinski definition) is 4. The molecular formula is C20H18N2O2S. The van der Waals surface area contributed by atoms with E-state index in [4.69, 9.17) is 4.74 Å². The number of benzene rings is 2. The van der Waals surface area contributed by atoms with Gasteiger partial charge in [-0.25, -0.2) is 4.98 Å². The molecule has 0 saturated heterocycles. The number of thiazole rings is 1. The Hall–Kier alpha value is -2.66. The first-order valence-corrected chi connectivity index (χ1v) is 9.18. The van der Waals surface area contributed by atoms with Crippen LogP contribution >= 0.6 is 11.3 Å². The standard InChI is InChI=1S/C20H18N2O2S/c23-20(22-16-10-11-24-18-9-5-4-8-15(16)18)17-13-25-19(21-17)12-14-6-2-1-3-7-14/h1-9,13,16H,10-12H2,(H,22,23). The number of aromatic nitrogens is 1. The molecule has 0 spiro atoms. The summed E-state index contributed by atoms with van der Waals surface area (Å²) >= 11 is 1.52. The number of hydrogen-bond donors (Lipinski definition) is 1. The molecule has 25 heavy (non-hydrogen) atoms. The van der Waals surface area contributed by atoms with Crippen molar-refractivity contribution in [3.8, 4) is 5.75 Å². The average Bonchev–Trinajstić information content (AvgIpc) is 3.11. The van der Waals surface area contributed by atoms with E-state index in [0.717, 1.165) is 29.2 Å². The van der Waals surface area contributed by atoms with Crippen molar-refractivity contribution >= 4 is 17.2 Å². The van der Waals surface area contributed by atoms with E-state index in [2.05, 4.69) is 22.4 Å². The average molecular weight is 350 g/mol. The molecule has 0 bridgehead atoms. The van der Waals surface area contributed by atoms with Gasteiger partial charge in [0.05, 0.1) is 17.7 Å². The fraction of sp³-hybridized carbons (Fsp3) is 0.200. The molecule has 5 heteroatoms. The zero-order valence-electron chi connectivity index (χ0n) is 13.6. The molecule has 2 heterocycles. The van der Waals surface area contributed by atoms with Crippen LogP contribution in [0, 0.1) is 0 Å². The van der Waals surface area contributed by atoms with Crippen LogP contribution in [0.2, 0.25) is 0 Å². The van der Waals surface area contributed by atoms with Crippen LogP contribution in [0.1, 0.15) is 39.1 Å². The molecule has 1 aliphatic heterocycles. The molecule has 1 N–H and O–H groups in total. The van der Waals surface area contributed by atoms with Gasteiger partial charge in [-0.15, -0.1) is 11.3 Å². The van der Waals surface area contributed by atoms with Crippen LogP contribution in [-0.4, -0.2) is 17.5 Å². The van der Waals surface area contributed by atoms with Gasteiger partial charge in [-0.1, -0.05) is 48.5 Å². The number of amides is 1. The maximum atomic E-state index is 12.6. The zero-order chi connectivity index (χ0) is 17.1. The zero-order valence-corrected chi connectivity index (χ0v) is 14.5. The topological polar surface area (TPSA) is 51.2 Å². The van der Waals surface area contributed by atoms with E-state index in [0.29, 0.717) is 12.3 Å². The Kier molecular flexibility index (Phi) is 4.48. The number of fused-ring (bicyclic) bond motifs is 1. The minimum Gasteiger partial charge on any atom is -0.493 e. The van der Waals surface area contributed by atoms with Gasteiger partial charge in [0.2, 0.25) is 0 Å². The Labute approximate surface area is 150 Å². The molecule has 1 atom stereocenters. The Morgan fingerprint density at radius 1 is 1.16 bits per heavy atom. The first-order valence-electron chi connectivity index (χ1n) is 8.30. The van der Waals surface area contributed by atoms with Gasteiger partial charge >= 0.3 is 0 Å². The van der Waals surface area contributed by atoms with Crippen LogP contribution in [0.3, 0.4) is 0 Å². The molecule has 2 aromatic carbocycles. The summed E-state index contributed by atoms with van der Waals surface area (Å²) in [4.78, 5) is 17.1. The summed E-state index contributed by atoms with van der Waals surface area (Å²) in [7, 11) is 0. The monoisotopic (exact) mass is 350 g/mol. The Morgan fingerprint density at radius 3 is 2.84 bits per heavy atom. The minimum atomic E-state index is -0.128. The van der Waals surface area contributed by atoms with Crippen molar-refractivity contribution < 1.29 is 9.53 Å². The van der Waals surface area contributed by atoms with E-state index in [1.54, 1.807) is 0 Å². The molecule has 0 fully saturated rings. The number of ether oxygens (including phenoxy) is 1. The van der Waals surface area contributed by atoms with Crippen LogP contribution in [0.4, 0.5) is 0 Å². The van der Waals surface area contributed by atoms with Crippen LogP contribution in [0.25, 0.3) is 0 Å². The van der Waals surface area contributed by atoms with Gasteiger partial charge in [0, 0.05) is 23.8 Å². The fourth-order valence-electron chi connectivity index (χ4n) is 2.99. The second-order valence-electron chi connectivity index (χ2n) is 5.99. The lowest BCUT2D eigenvalue weighted by Gasteiger charge is -2.26. The maximum absolute atomic E-state index is 12.6. The second kappa shape index (κ2) is 7.07. The summed E-state index contributed by atoms with van der Waals surface area (Å²) in [5.74, 6) is 0.722. The van der Waals surface area contributed by atoms with E-state index in [9.17, 15) is 4.79 Å². The highest BCUT2D eigenvalue weighted by atomic mass is 32.1. The van der Waals surface area contributed by atoms with E-state index < -0.39 is 0 Å². The lowest BCUT2D eigenvalue weighted by molar-refractivity contribution is 0.0920. The predicted octanol–water partition coefficient (Wildman–Crippen LogP) is 3.99. The van der Waals surface area contributed by atoms with Crippen molar-refractivity contribution in [1.29, 1.82) is 0 Å². The molecule has 1 unspecified atom stereocenters. The van der Waals surface area contributed by atoms with Crippen molar-refractivity contribution in [1.82, 2.24) is 10.3 Å². The molecule has 0 saturated carbocycles. The number of carbonyl (C=O) groups excluding carboxylic acids is 1. The SMILES string of the molecule is O=C(NC1CCOc2ccccc21)c1csc(Cc2ccccc2)n1. The van der Waals surface area contributed by atoms with Gasteiger partial charge in [0.25, 0.3) is 5.91 Å². The Morgan fingerprint density at radius 2 is 1.96 bits per heavy atom. The smallest absolute Gasteiger partial charge is 0.271 e. The van der Waals surface area contributed by atoms with Crippen molar-refractivity contribution in [3.63, 3.8) is 0 Å². The largest absolute Gasteiger partial charge is 0.493 e. The van der Waals surface area contributed by atoms with Crippen LogP contribution in [-0.2, 0) is 6.42 Å². The summed E-state index contributed by atoms with van der Waals surface area (Å²) in [6.07, 6.45) is 1.52. The van der Waals surface area contributed by atoms with Crippen LogP contribution < -0.4 is 10.1 Å². The van der Waals surface area contributed by atoms with Gasteiger partial charge in [-0.3, -0.25) is 4.79 Å². The quantitative estimate of drug-likeness (QED) is 0.774. The molecule has 126 valence electrons. The van der Waals surface area contributed by atoms with Gasteiger partial charge in [0.1, 0.15) is 11.4 Å². The first-order chi connectivity index (χ1) is 12.3. The van der Waals surface area contributed by atoms with Crippen molar-refractivity contribution in [2.45, 2.75) is 18.9 Å². The predicted molar refractivity (Wildman–Crippen MR) is 98.1 cm³/mol. The molecule has 0 aliphatic carbocycles. The second-order valence-corrected chi connectivity index (χ2v) is 6.93. The maximum Gasteiger partial charge on any atom is 0.271 e. The molecule has 4 rings (SSSR count). The molecular weight excluding hydrogens is 332 g/mol. The summed E-state index contributed by atoms with van der Waals surface area (Å²) in [6, 6.07) is 18.0. The third-order valence-electron chi connectivity index (χ3n) is 4.25. The number of carbonyl (C=O) groups is 1. The van der Waals surface area contributed by atoms with Crippen molar-refractivity contribution in [2.24, 2.45) is 0 Å². The highest BCUT2D eigenvalue weighted by Gasteiger charge is 2.23. The van der Waals surface area contributed by atoms with Crippen LogP contribution in [0.5, 0.6) is 5.75 Å². The summed E-state index contributed by atoms with van der Waals surface area (Å²) in [6.45, 7) is 0.609.